The van der Waals surface area contributed by atoms with Crippen molar-refractivity contribution in [2.75, 3.05) is 20.3 Å². The molecule has 0 spiro atoms. The van der Waals surface area contributed by atoms with Crippen molar-refractivity contribution < 1.29 is 33.3 Å². The molecule has 0 amide bonds. The van der Waals surface area contributed by atoms with Crippen molar-refractivity contribution in [2.24, 2.45) is 0 Å². The number of carbonyl (C=O) groups excluding carboxylic acids is 1. The monoisotopic (exact) mass is 346 g/mol. The van der Waals surface area contributed by atoms with E-state index in [2.05, 4.69) is 0 Å². The minimum atomic E-state index is -1.40. The number of methoxy groups -OCH3 is 1. The van der Waals surface area contributed by atoms with Crippen molar-refractivity contribution in [1.29, 1.82) is 0 Å². The molecule has 5 rings (SSSR count). The SMILES string of the molecule is COc1cc2c(c3oc(=O)c4c(c13)CCOC4=O)C1(O)CCOC1O2. The highest BCUT2D eigenvalue weighted by atomic mass is 16.7. The number of rotatable bonds is 1. The van der Waals surface area contributed by atoms with Gasteiger partial charge in [-0.25, -0.2) is 9.59 Å². The zero-order valence-electron chi connectivity index (χ0n) is 13.3. The van der Waals surface area contributed by atoms with E-state index in [1.165, 1.54) is 7.11 Å². The van der Waals surface area contributed by atoms with Crippen LogP contribution in [0.25, 0.3) is 11.0 Å². The maximum atomic E-state index is 12.4. The highest BCUT2D eigenvalue weighted by molar-refractivity contribution is 6.01. The van der Waals surface area contributed by atoms with Gasteiger partial charge in [-0.2, -0.15) is 0 Å². The van der Waals surface area contributed by atoms with E-state index in [1.807, 2.05) is 0 Å². The van der Waals surface area contributed by atoms with Crippen LogP contribution in [0.5, 0.6) is 11.5 Å². The first-order valence-corrected chi connectivity index (χ1v) is 7.93. The van der Waals surface area contributed by atoms with Crippen LogP contribution in [-0.2, 0) is 21.5 Å². The molecule has 0 radical (unpaired) electrons. The van der Waals surface area contributed by atoms with Gasteiger partial charge in [-0.1, -0.05) is 0 Å². The Kier molecular flexibility index (Phi) is 2.79. The summed E-state index contributed by atoms with van der Waals surface area (Å²) in [6.07, 6.45) is -0.184. The Morgan fingerprint density at radius 3 is 2.96 bits per heavy atom. The Bertz CT molecular complexity index is 991. The summed E-state index contributed by atoms with van der Waals surface area (Å²) in [6.45, 7) is 0.493. The fourth-order valence-corrected chi connectivity index (χ4v) is 3.90. The lowest BCUT2D eigenvalue weighted by atomic mass is 9.89. The third-order valence-corrected chi connectivity index (χ3v) is 5.03. The molecule has 0 bridgehead atoms. The third-order valence-electron chi connectivity index (χ3n) is 5.03. The molecule has 8 nitrogen and oxygen atoms in total. The molecule has 2 aromatic rings. The van der Waals surface area contributed by atoms with Crippen molar-refractivity contribution in [3.8, 4) is 11.5 Å². The Balaban J connectivity index is 1.94. The molecule has 3 aliphatic rings. The van der Waals surface area contributed by atoms with Crippen LogP contribution in [0.3, 0.4) is 0 Å². The van der Waals surface area contributed by atoms with Crippen LogP contribution < -0.4 is 15.1 Å². The number of aliphatic hydroxyl groups is 1. The van der Waals surface area contributed by atoms with Crippen LogP contribution >= 0.6 is 0 Å². The number of esters is 1. The molecule has 8 heteroatoms. The van der Waals surface area contributed by atoms with Gasteiger partial charge in [0.15, 0.2) is 11.2 Å². The first kappa shape index (κ1) is 14.7. The summed E-state index contributed by atoms with van der Waals surface area (Å²) < 4.78 is 27.0. The molecule has 2 atom stereocenters. The molecule has 1 N–H and O–H groups in total. The number of benzene rings is 1. The van der Waals surface area contributed by atoms with Crippen molar-refractivity contribution in [2.45, 2.75) is 24.7 Å². The van der Waals surface area contributed by atoms with Gasteiger partial charge >= 0.3 is 11.6 Å². The van der Waals surface area contributed by atoms with Gasteiger partial charge in [0.05, 0.1) is 31.3 Å². The summed E-state index contributed by atoms with van der Waals surface area (Å²) in [4.78, 5) is 24.4. The molecule has 1 fully saturated rings. The van der Waals surface area contributed by atoms with Gasteiger partial charge in [0, 0.05) is 18.9 Å². The number of cyclic esters (lactones) is 1. The zero-order valence-corrected chi connectivity index (χ0v) is 13.3. The molecular formula is C17H14O8. The molecule has 0 aliphatic carbocycles. The summed E-state index contributed by atoms with van der Waals surface area (Å²) >= 11 is 0. The molecule has 4 heterocycles. The lowest BCUT2D eigenvalue weighted by Crippen LogP contribution is -2.33. The standard InChI is InChI=1S/C17H14O8/c1-21-8-6-9-12(17(20)3-5-23-16(17)24-9)13-10(8)7-2-4-22-14(18)11(7)15(19)25-13/h6,16,20H,2-5H2,1H3. The van der Waals surface area contributed by atoms with Gasteiger partial charge < -0.3 is 28.5 Å². The fourth-order valence-electron chi connectivity index (χ4n) is 3.90. The van der Waals surface area contributed by atoms with Crippen molar-refractivity contribution in [3.05, 3.63) is 33.2 Å². The Morgan fingerprint density at radius 2 is 2.16 bits per heavy atom. The number of fused-ring (bicyclic) bond motifs is 7. The summed E-state index contributed by atoms with van der Waals surface area (Å²) in [5.74, 6) is 0.0292. The third kappa shape index (κ3) is 1.73. The minimum absolute atomic E-state index is 0.123. The van der Waals surface area contributed by atoms with Crippen molar-refractivity contribution >= 4 is 16.9 Å². The van der Waals surface area contributed by atoms with Gasteiger partial charge in [-0.15, -0.1) is 0 Å². The number of hydrogen-bond donors (Lipinski definition) is 1. The number of carbonyl (C=O) groups is 1. The second-order valence-electron chi connectivity index (χ2n) is 6.28. The van der Waals surface area contributed by atoms with Crippen LogP contribution in [0.2, 0.25) is 0 Å². The lowest BCUT2D eigenvalue weighted by molar-refractivity contribution is -0.123. The molecule has 25 heavy (non-hydrogen) atoms. The quantitative estimate of drug-likeness (QED) is 0.598. The normalized spacial score (nSPS) is 26.6. The smallest absolute Gasteiger partial charge is 0.351 e. The van der Waals surface area contributed by atoms with E-state index in [0.717, 1.165) is 0 Å². The molecule has 1 saturated heterocycles. The van der Waals surface area contributed by atoms with Gasteiger partial charge in [0.2, 0.25) is 6.29 Å². The van der Waals surface area contributed by atoms with Crippen LogP contribution in [0.1, 0.15) is 27.9 Å². The van der Waals surface area contributed by atoms with Crippen molar-refractivity contribution in [1.82, 2.24) is 0 Å². The second kappa shape index (κ2) is 4.74. The maximum absolute atomic E-state index is 12.4. The summed E-state index contributed by atoms with van der Waals surface area (Å²) in [6, 6.07) is 1.62. The highest BCUT2D eigenvalue weighted by Crippen LogP contribution is 2.52. The topological polar surface area (TPSA) is 104 Å². The molecule has 3 aliphatic heterocycles. The summed E-state index contributed by atoms with van der Waals surface area (Å²) in [5, 5.41) is 11.5. The first-order chi connectivity index (χ1) is 12.0. The highest BCUT2D eigenvalue weighted by Gasteiger charge is 2.55. The van der Waals surface area contributed by atoms with E-state index in [4.69, 9.17) is 23.4 Å². The van der Waals surface area contributed by atoms with Gasteiger partial charge in [-0.3, -0.25) is 0 Å². The van der Waals surface area contributed by atoms with E-state index in [1.54, 1.807) is 6.07 Å². The molecule has 0 saturated carbocycles. The molecule has 130 valence electrons. The van der Waals surface area contributed by atoms with E-state index in [9.17, 15) is 14.7 Å². The Labute approximate surface area is 140 Å². The Morgan fingerprint density at radius 1 is 1.32 bits per heavy atom. The van der Waals surface area contributed by atoms with E-state index >= 15 is 0 Å². The van der Waals surface area contributed by atoms with E-state index in [0.29, 0.717) is 47.5 Å². The lowest BCUT2D eigenvalue weighted by Gasteiger charge is -2.22. The first-order valence-electron chi connectivity index (χ1n) is 7.93. The van der Waals surface area contributed by atoms with E-state index < -0.39 is 23.5 Å². The Hall–Kier alpha value is -2.58. The van der Waals surface area contributed by atoms with E-state index in [-0.39, 0.29) is 17.8 Å². The summed E-state index contributed by atoms with van der Waals surface area (Å²) in [7, 11) is 1.47. The fraction of sp³-hybridized carbons (Fsp3) is 0.412. The van der Waals surface area contributed by atoms with Crippen LogP contribution in [0.15, 0.2) is 15.3 Å². The largest absolute Gasteiger partial charge is 0.496 e. The van der Waals surface area contributed by atoms with Crippen molar-refractivity contribution in [3.63, 3.8) is 0 Å². The molecule has 1 aromatic carbocycles. The van der Waals surface area contributed by atoms with Gasteiger partial charge in [0.1, 0.15) is 17.1 Å². The van der Waals surface area contributed by atoms with Gasteiger partial charge in [0.25, 0.3) is 0 Å². The average Bonchev–Trinajstić information content (AvgIpc) is 3.07. The molecule has 1 aromatic heterocycles. The predicted octanol–water partition coefficient (Wildman–Crippen LogP) is 0.841. The van der Waals surface area contributed by atoms with Crippen LogP contribution in [0.4, 0.5) is 0 Å². The molecular weight excluding hydrogens is 332 g/mol. The maximum Gasteiger partial charge on any atom is 0.351 e. The summed E-state index contributed by atoms with van der Waals surface area (Å²) in [5.41, 5.74) is -1.28. The van der Waals surface area contributed by atoms with Gasteiger partial charge in [-0.05, 0) is 5.56 Å². The average molecular weight is 346 g/mol. The minimum Gasteiger partial charge on any atom is -0.496 e. The van der Waals surface area contributed by atoms with Crippen LogP contribution in [-0.4, -0.2) is 37.7 Å². The van der Waals surface area contributed by atoms with Crippen LogP contribution in [0, 0.1) is 0 Å². The number of hydrogen-bond acceptors (Lipinski definition) is 8. The number of ether oxygens (including phenoxy) is 4. The zero-order chi connectivity index (χ0) is 17.3. The predicted molar refractivity (Wildman–Crippen MR) is 81.9 cm³/mol. The second-order valence-corrected chi connectivity index (χ2v) is 6.28. The molecule has 2 unspecified atom stereocenters.